The summed E-state index contributed by atoms with van der Waals surface area (Å²) in [6, 6.07) is 5.36. The van der Waals surface area contributed by atoms with Crippen LogP contribution in [0, 0.1) is 11.7 Å². The number of carbonyl (C=O) groups is 2. The zero-order valence-electron chi connectivity index (χ0n) is 13.3. The Morgan fingerprint density at radius 1 is 1.33 bits per heavy atom. The molecule has 128 valence electrons. The second kappa shape index (κ2) is 8.09. The summed E-state index contributed by atoms with van der Waals surface area (Å²) in [4.78, 5) is 23.4. The van der Waals surface area contributed by atoms with E-state index in [2.05, 4.69) is 15.7 Å². The number of carbonyl (C=O) groups excluding carboxylic acids is 2. The van der Waals surface area contributed by atoms with Gasteiger partial charge >= 0.3 is 6.03 Å². The van der Waals surface area contributed by atoms with Crippen molar-refractivity contribution in [3.05, 3.63) is 48.0 Å². The first-order valence-corrected chi connectivity index (χ1v) is 7.59. The van der Waals surface area contributed by atoms with Crippen LogP contribution in [0.15, 0.2) is 36.7 Å². The molecule has 2 aromatic rings. The van der Waals surface area contributed by atoms with Gasteiger partial charge in [-0.1, -0.05) is 12.1 Å². The minimum Gasteiger partial charge on any atom is -0.369 e. The maximum atomic E-state index is 12.9. The molecule has 8 heteroatoms. The summed E-state index contributed by atoms with van der Waals surface area (Å²) in [5.74, 6) is -1.46. The first kappa shape index (κ1) is 17.5. The summed E-state index contributed by atoms with van der Waals surface area (Å²) in [5, 5.41) is 9.28. The number of rotatable bonds is 7. The molecule has 24 heavy (non-hydrogen) atoms. The lowest BCUT2D eigenvalue weighted by atomic mass is 9.98. The van der Waals surface area contributed by atoms with Gasteiger partial charge in [-0.2, -0.15) is 5.10 Å². The molecular formula is C16H20FN5O2. The summed E-state index contributed by atoms with van der Waals surface area (Å²) < 4.78 is 14.6. The van der Waals surface area contributed by atoms with Gasteiger partial charge in [0, 0.05) is 19.3 Å². The molecule has 0 saturated carbocycles. The highest BCUT2D eigenvalue weighted by molar-refractivity contribution is 5.89. The third-order valence-corrected chi connectivity index (χ3v) is 3.52. The number of benzene rings is 1. The van der Waals surface area contributed by atoms with E-state index in [0.717, 1.165) is 5.56 Å². The lowest BCUT2D eigenvalue weighted by Crippen LogP contribution is -2.39. The third-order valence-electron chi connectivity index (χ3n) is 3.52. The molecule has 4 N–H and O–H groups in total. The number of primary amides is 1. The van der Waals surface area contributed by atoms with Crippen LogP contribution >= 0.6 is 0 Å². The van der Waals surface area contributed by atoms with Gasteiger partial charge in [0.1, 0.15) is 5.82 Å². The molecule has 0 aliphatic rings. The number of hydrogen-bond donors (Lipinski definition) is 3. The number of aromatic nitrogens is 2. The Morgan fingerprint density at radius 2 is 2.04 bits per heavy atom. The molecule has 0 bridgehead atoms. The Labute approximate surface area is 139 Å². The van der Waals surface area contributed by atoms with Crippen molar-refractivity contribution in [3.8, 4) is 0 Å². The first-order valence-electron chi connectivity index (χ1n) is 7.59. The van der Waals surface area contributed by atoms with Crippen molar-refractivity contribution in [2.24, 2.45) is 11.7 Å². The zero-order valence-corrected chi connectivity index (χ0v) is 13.3. The van der Waals surface area contributed by atoms with Gasteiger partial charge in [0.2, 0.25) is 5.91 Å². The highest BCUT2D eigenvalue weighted by Crippen LogP contribution is 2.10. The standard InChI is InChI=1S/C16H20FN5O2/c1-2-22-10-14(9-20-22)21-16(24)19-8-12(15(18)23)7-11-3-5-13(17)6-4-11/h3-6,9-10,12H,2,7-8H2,1H3,(H2,18,23)(H2,19,21,24)/t12-/m1/s1. The van der Waals surface area contributed by atoms with Crippen LogP contribution in [-0.4, -0.2) is 28.3 Å². The number of nitrogens with zero attached hydrogens (tertiary/aromatic N) is 2. The maximum absolute atomic E-state index is 12.9. The van der Waals surface area contributed by atoms with Crippen molar-refractivity contribution in [3.63, 3.8) is 0 Å². The SMILES string of the molecule is CCn1cc(NC(=O)NC[C@@H](Cc2ccc(F)cc2)C(N)=O)cn1. The zero-order chi connectivity index (χ0) is 17.5. The maximum Gasteiger partial charge on any atom is 0.319 e. The molecule has 3 amide bonds. The molecule has 1 aromatic carbocycles. The number of hydrogen-bond acceptors (Lipinski definition) is 3. The predicted octanol–water partition coefficient (Wildman–Crippen LogP) is 1.51. The molecular weight excluding hydrogens is 313 g/mol. The number of urea groups is 1. The number of amides is 3. The Kier molecular flexibility index (Phi) is 5.89. The lowest BCUT2D eigenvalue weighted by molar-refractivity contribution is -0.121. The summed E-state index contributed by atoms with van der Waals surface area (Å²) in [6.07, 6.45) is 3.56. The van der Waals surface area contributed by atoms with Crippen molar-refractivity contribution in [1.82, 2.24) is 15.1 Å². The Bertz CT molecular complexity index is 699. The number of nitrogens with one attached hydrogen (secondary N) is 2. The summed E-state index contributed by atoms with van der Waals surface area (Å²) in [6.45, 7) is 2.72. The first-order chi connectivity index (χ1) is 11.5. The van der Waals surface area contributed by atoms with Crippen molar-refractivity contribution < 1.29 is 14.0 Å². The van der Waals surface area contributed by atoms with Crippen molar-refractivity contribution in [2.75, 3.05) is 11.9 Å². The summed E-state index contributed by atoms with van der Waals surface area (Å²) >= 11 is 0. The van der Waals surface area contributed by atoms with Crippen LogP contribution in [0.25, 0.3) is 0 Å². The van der Waals surface area contributed by atoms with E-state index in [-0.39, 0.29) is 12.4 Å². The average Bonchev–Trinajstić information content (AvgIpc) is 3.00. The molecule has 1 aromatic heterocycles. The van der Waals surface area contributed by atoms with Gasteiger partial charge < -0.3 is 16.4 Å². The van der Waals surface area contributed by atoms with E-state index in [0.29, 0.717) is 18.7 Å². The van der Waals surface area contributed by atoms with Gasteiger partial charge in [-0.05, 0) is 31.0 Å². The second-order valence-corrected chi connectivity index (χ2v) is 5.35. The van der Waals surface area contributed by atoms with E-state index in [1.807, 2.05) is 6.92 Å². The quantitative estimate of drug-likeness (QED) is 0.715. The topological polar surface area (TPSA) is 102 Å². The fourth-order valence-electron chi connectivity index (χ4n) is 2.17. The molecule has 0 fully saturated rings. The van der Waals surface area contributed by atoms with Crippen LogP contribution in [0.1, 0.15) is 12.5 Å². The van der Waals surface area contributed by atoms with Gasteiger partial charge in [-0.3, -0.25) is 9.48 Å². The second-order valence-electron chi connectivity index (χ2n) is 5.35. The summed E-state index contributed by atoms with van der Waals surface area (Å²) in [7, 11) is 0. The third kappa shape index (κ3) is 5.08. The fourth-order valence-corrected chi connectivity index (χ4v) is 2.17. The Balaban J connectivity index is 1.87. The molecule has 0 unspecified atom stereocenters. The normalized spacial score (nSPS) is 11.8. The van der Waals surface area contributed by atoms with Gasteiger partial charge in [0.15, 0.2) is 0 Å². The van der Waals surface area contributed by atoms with E-state index in [4.69, 9.17) is 5.73 Å². The Morgan fingerprint density at radius 3 is 2.62 bits per heavy atom. The number of anilines is 1. The van der Waals surface area contributed by atoms with Crippen LogP contribution in [0.3, 0.4) is 0 Å². The molecule has 1 atom stereocenters. The molecule has 7 nitrogen and oxygen atoms in total. The van der Waals surface area contributed by atoms with Crippen LogP contribution in [0.2, 0.25) is 0 Å². The lowest BCUT2D eigenvalue weighted by Gasteiger charge is -2.14. The molecule has 1 heterocycles. The minimum atomic E-state index is -0.584. The van der Waals surface area contributed by atoms with Crippen LogP contribution in [-0.2, 0) is 17.8 Å². The van der Waals surface area contributed by atoms with Crippen molar-refractivity contribution >= 4 is 17.6 Å². The van der Waals surface area contributed by atoms with Crippen molar-refractivity contribution in [1.29, 1.82) is 0 Å². The molecule has 0 radical (unpaired) electrons. The molecule has 0 aliphatic heterocycles. The minimum absolute atomic E-state index is 0.0838. The van der Waals surface area contributed by atoms with E-state index >= 15 is 0 Å². The fraction of sp³-hybridized carbons (Fsp3) is 0.312. The molecule has 2 rings (SSSR count). The number of halogens is 1. The van der Waals surface area contributed by atoms with Gasteiger partial charge in [0.05, 0.1) is 17.8 Å². The summed E-state index contributed by atoms with van der Waals surface area (Å²) in [5.41, 5.74) is 6.71. The van der Waals surface area contributed by atoms with Crippen LogP contribution in [0.5, 0.6) is 0 Å². The van der Waals surface area contributed by atoms with E-state index in [9.17, 15) is 14.0 Å². The van der Waals surface area contributed by atoms with Gasteiger partial charge in [-0.15, -0.1) is 0 Å². The van der Waals surface area contributed by atoms with Gasteiger partial charge in [0.25, 0.3) is 0 Å². The monoisotopic (exact) mass is 333 g/mol. The largest absolute Gasteiger partial charge is 0.369 e. The van der Waals surface area contributed by atoms with E-state index < -0.39 is 17.9 Å². The Hall–Kier alpha value is -2.90. The van der Waals surface area contributed by atoms with E-state index in [1.165, 1.54) is 18.3 Å². The van der Waals surface area contributed by atoms with E-state index in [1.54, 1.807) is 23.0 Å². The molecule has 0 spiro atoms. The smallest absolute Gasteiger partial charge is 0.319 e. The number of nitrogens with two attached hydrogens (primary N) is 1. The highest BCUT2D eigenvalue weighted by atomic mass is 19.1. The van der Waals surface area contributed by atoms with Crippen molar-refractivity contribution in [2.45, 2.75) is 19.9 Å². The van der Waals surface area contributed by atoms with Gasteiger partial charge in [-0.25, -0.2) is 9.18 Å². The van der Waals surface area contributed by atoms with Crippen LogP contribution in [0.4, 0.5) is 14.9 Å². The highest BCUT2D eigenvalue weighted by Gasteiger charge is 2.17. The van der Waals surface area contributed by atoms with Crippen LogP contribution < -0.4 is 16.4 Å². The molecule has 0 aliphatic carbocycles. The molecule has 0 saturated heterocycles. The predicted molar refractivity (Wildman–Crippen MR) is 87.7 cm³/mol. The number of aryl methyl sites for hydroxylation is 1. The average molecular weight is 333 g/mol.